The minimum Gasteiger partial charge on any atom is -0.497 e. The molecule has 1 aromatic heterocycles. The van der Waals surface area contributed by atoms with Crippen LogP contribution in [0.2, 0.25) is 0 Å². The number of nitrogens with zero attached hydrogens (tertiary/aromatic N) is 1. The fraction of sp³-hybridized carbons (Fsp3) is 0.0952. The first-order valence-corrected chi connectivity index (χ1v) is 8.46. The summed E-state index contributed by atoms with van der Waals surface area (Å²) >= 11 is 0. The van der Waals surface area contributed by atoms with Crippen LogP contribution in [0.25, 0.3) is 0 Å². The summed E-state index contributed by atoms with van der Waals surface area (Å²) in [4.78, 5) is 28.0. The standard InChI is InChI=1S/C21H19N3O4/c1-27-18-10-7-15(8-11-18)23-17-9-12-19(22-13-17)20(25)24-16-5-3-14(4-6-16)21(26)28-2/h3-13,23H,1-2H3,(H,24,25). The number of methoxy groups -OCH3 is 2. The van der Waals surface area contributed by atoms with E-state index in [9.17, 15) is 9.59 Å². The summed E-state index contributed by atoms with van der Waals surface area (Å²) in [5.41, 5.74) is 2.87. The van der Waals surface area contributed by atoms with Gasteiger partial charge in [0.1, 0.15) is 11.4 Å². The Hall–Kier alpha value is -3.87. The van der Waals surface area contributed by atoms with Gasteiger partial charge >= 0.3 is 5.97 Å². The summed E-state index contributed by atoms with van der Waals surface area (Å²) < 4.78 is 9.77. The van der Waals surface area contributed by atoms with Crippen molar-refractivity contribution in [2.45, 2.75) is 0 Å². The number of hydrogen-bond acceptors (Lipinski definition) is 6. The number of anilines is 3. The number of nitrogens with one attached hydrogen (secondary N) is 2. The number of carbonyl (C=O) groups is 2. The van der Waals surface area contributed by atoms with Gasteiger partial charge in [0.25, 0.3) is 5.91 Å². The van der Waals surface area contributed by atoms with Crippen LogP contribution in [0.3, 0.4) is 0 Å². The number of rotatable bonds is 6. The van der Waals surface area contributed by atoms with Crippen LogP contribution in [0, 0.1) is 0 Å². The Morgan fingerprint density at radius 3 is 2.04 bits per heavy atom. The number of carbonyl (C=O) groups excluding carboxylic acids is 2. The van der Waals surface area contributed by atoms with Crippen molar-refractivity contribution >= 4 is 28.9 Å². The zero-order valence-corrected chi connectivity index (χ0v) is 15.4. The molecule has 0 bridgehead atoms. The maximum atomic E-state index is 12.3. The van der Waals surface area contributed by atoms with E-state index in [1.807, 2.05) is 24.3 Å². The lowest BCUT2D eigenvalue weighted by atomic mass is 10.2. The Labute approximate surface area is 162 Å². The van der Waals surface area contributed by atoms with Crippen LogP contribution >= 0.6 is 0 Å². The van der Waals surface area contributed by atoms with Gasteiger partial charge in [0, 0.05) is 11.4 Å². The van der Waals surface area contributed by atoms with Crippen molar-refractivity contribution in [2.24, 2.45) is 0 Å². The smallest absolute Gasteiger partial charge is 0.337 e. The van der Waals surface area contributed by atoms with E-state index < -0.39 is 5.97 Å². The highest BCUT2D eigenvalue weighted by Crippen LogP contribution is 2.19. The molecule has 0 saturated heterocycles. The first kappa shape index (κ1) is 18.9. The van der Waals surface area contributed by atoms with Crippen molar-refractivity contribution in [2.75, 3.05) is 24.9 Å². The molecule has 7 heteroatoms. The number of aromatic nitrogens is 1. The van der Waals surface area contributed by atoms with Crippen molar-refractivity contribution in [3.63, 3.8) is 0 Å². The Morgan fingerprint density at radius 2 is 1.46 bits per heavy atom. The van der Waals surface area contributed by atoms with Gasteiger partial charge in [0.15, 0.2) is 0 Å². The Kier molecular flexibility index (Phi) is 5.86. The number of amides is 1. The molecule has 7 nitrogen and oxygen atoms in total. The van der Waals surface area contributed by atoms with Gasteiger partial charge in [0.2, 0.25) is 0 Å². The molecule has 0 aliphatic heterocycles. The Balaban J connectivity index is 1.62. The number of ether oxygens (including phenoxy) is 2. The summed E-state index contributed by atoms with van der Waals surface area (Å²) in [7, 11) is 2.93. The van der Waals surface area contributed by atoms with E-state index in [4.69, 9.17) is 4.74 Å². The molecular formula is C21H19N3O4. The van der Waals surface area contributed by atoms with E-state index in [0.29, 0.717) is 11.3 Å². The SMILES string of the molecule is COC(=O)c1ccc(NC(=O)c2ccc(Nc3ccc(OC)cc3)cn2)cc1. The molecule has 3 rings (SSSR count). The number of hydrogen-bond donors (Lipinski definition) is 2. The third-order valence-electron chi connectivity index (χ3n) is 3.94. The van der Waals surface area contributed by atoms with Gasteiger partial charge in [0.05, 0.1) is 31.7 Å². The molecule has 0 spiro atoms. The molecule has 0 aliphatic carbocycles. The number of benzene rings is 2. The minimum atomic E-state index is -0.431. The van der Waals surface area contributed by atoms with Crippen molar-refractivity contribution in [3.05, 3.63) is 78.1 Å². The highest BCUT2D eigenvalue weighted by atomic mass is 16.5. The first-order valence-electron chi connectivity index (χ1n) is 8.46. The van der Waals surface area contributed by atoms with Crippen molar-refractivity contribution < 1.29 is 19.1 Å². The quantitative estimate of drug-likeness (QED) is 0.634. The summed E-state index contributed by atoms with van der Waals surface area (Å²) in [5, 5.41) is 5.94. The van der Waals surface area contributed by atoms with Gasteiger partial charge in [-0.15, -0.1) is 0 Å². The van der Waals surface area contributed by atoms with Crippen molar-refractivity contribution in [1.82, 2.24) is 4.98 Å². The third-order valence-corrected chi connectivity index (χ3v) is 3.94. The monoisotopic (exact) mass is 377 g/mol. The van der Waals surface area contributed by atoms with Crippen molar-refractivity contribution in [1.29, 1.82) is 0 Å². The highest BCUT2D eigenvalue weighted by Gasteiger charge is 2.09. The van der Waals surface area contributed by atoms with Crippen LogP contribution in [0.4, 0.5) is 17.1 Å². The zero-order valence-electron chi connectivity index (χ0n) is 15.4. The van der Waals surface area contributed by atoms with E-state index in [-0.39, 0.29) is 11.6 Å². The second kappa shape index (κ2) is 8.68. The third kappa shape index (κ3) is 4.64. The normalized spacial score (nSPS) is 10.1. The first-order chi connectivity index (χ1) is 13.6. The van der Waals surface area contributed by atoms with Crippen LogP contribution in [0.5, 0.6) is 5.75 Å². The Bertz CT molecular complexity index is 952. The lowest BCUT2D eigenvalue weighted by Crippen LogP contribution is -2.13. The molecule has 3 aromatic rings. The molecule has 0 unspecified atom stereocenters. The fourth-order valence-electron chi connectivity index (χ4n) is 2.45. The lowest BCUT2D eigenvalue weighted by molar-refractivity contribution is 0.0600. The maximum absolute atomic E-state index is 12.3. The molecule has 2 N–H and O–H groups in total. The number of pyridine rings is 1. The zero-order chi connectivity index (χ0) is 19.9. The van der Waals surface area contributed by atoms with E-state index in [1.54, 1.807) is 49.7 Å². The van der Waals surface area contributed by atoms with Gasteiger partial charge in [-0.25, -0.2) is 9.78 Å². The summed E-state index contributed by atoms with van der Waals surface area (Å²) in [5.74, 6) is -0.00313. The molecule has 0 atom stereocenters. The molecular weight excluding hydrogens is 358 g/mol. The molecule has 142 valence electrons. The molecule has 1 heterocycles. The van der Waals surface area contributed by atoms with Gasteiger partial charge in [-0.3, -0.25) is 4.79 Å². The topological polar surface area (TPSA) is 89.5 Å². The molecule has 0 radical (unpaired) electrons. The van der Waals surface area contributed by atoms with Crippen molar-refractivity contribution in [3.8, 4) is 5.75 Å². The minimum absolute atomic E-state index is 0.275. The largest absolute Gasteiger partial charge is 0.497 e. The molecule has 1 amide bonds. The second-order valence-electron chi connectivity index (χ2n) is 5.81. The molecule has 0 saturated carbocycles. The molecule has 0 aliphatic rings. The average molecular weight is 377 g/mol. The van der Waals surface area contributed by atoms with Crippen LogP contribution < -0.4 is 15.4 Å². The highest BCUT2D eigenvalue weighted by molar-refractivity contribution is 6.03. The van der Waals surface area contributed by atoms with E-state index >= 15 is 0 Å². The second-order valence-corrected chi connectivity index (χ2v) is 5.81. The Morgan fingerprint density at radius 1 is 0.821 bits per heavy atom. The summed E-state index contributed by atoms with van der Waals surface area (Å²) in [6, 6.07) is 17.3. The molecule has 28 heavy (non-hydrogen) atoms. The van der Waals surface area contributed by atoms with Gasteiger partial charge in [-0.1, -0.05) is 0 Å². The van der Waals surface area contributed by atoms with E-state index in [2.05, 4.69) is 20.4 Å². The maximum Gasteiger partial charge on any atom is 0.337 e. The average Bonchev–Trinajstić information content (AvgIpc) is 2.74. The van der Waals surface area contributed by atoms with Gasteiger partial charge in [-0.05, 0) is 60.7 Å². The molecule has 2 aromatic carbocycles. The molecule has 0 fully saturated rings. The van der Waals surface area contributed by atoms with Crippen LogP contribution in [-0.2, 0) is 4.74 Å². The predicted molar refractivity (Wildman–Crippen MR) is 106 cm³/mol. The predicted octanol–water partition coefficient (Wildman–Crippen LogP) is 3.87. The van der Waals surface area contributed by atoms with E-state index in [1.165, 1.54) is 7.11 Å². The summed E-state index contributed by atoms with van der Waals surface area (Å²) in [6.07, 6.45) is 1.58. The van der Waals surface area contributed by atoms with Crippen LogP contribution in [0.1, 0.15) is 20.8 Å². The van der Waals surface area contributed by atoms with Crippen LogP contribution in [0.15, 0.2) is 66.9 Å². The van der Waals surface area contributed by atoms with Gasteiger partial charge < -0.3 is 20.1 Å². The number of esters is 1. The fourth-order valence-corrected chi connectivity index (χ4v) is 2.45. The van der Waals surface area contributed by atoms with Crippen LogP contribution in [-0.4, -0.2) is 31.1 Å². The lowest BCUT2D eigenvalue weighted by Gasteiger charge is -2.08. The van der Waals surface area contributed by atoms with Gasteiger partial charge in [-0.2, -0.15) is 0 Å². The van der Waals surface area contributed by atoms with E-state index in [0.717, 1.165) is 17.1 Å². The summed E-state index contributed by atoms with van der Waals surface area (Å²) in [6.45, 7) is 0.